The highest BCUT2D eigenvalue weighted by Gasteiger charge is 2.15. The standard InChI is InChI=1S/C23H34N2O2/c1-18(20-15-11-13-19-12-7-8-14-21(19)20)24-16-9-5-6-10-17-25-22(26)27-23(2,3)4/h7-8,11-15,18,24H,5-6,9-10,16-17H2,1-4H3,(H,25,26)/t18-/m1/s1. The molecule has 0 fully saturated rings. The van der Waals surface area contributed by atoms with Gasteiger partial charge in [-0.15, -0.1) is 0 Å². The Hall–Kier alpha value is -2.07. The lowest BCUT2D eigenvalue weighted by molar-refractivity contribution is 0.0527. The fourth-order valence-corrected chi connectivity index (χ4v) is 3.16. The summed E-state index contributed by atoms with van der Waals surface area (Å²) in [6.07, 6.45) is 4.07. The molecule has 0 saturated heterocycles. The fourth-order valence-electron chi connectivity index (χ4n) is 3.16. The summed E-state index contributed by atoms with van der Waals surface area (Å²) in [6.45, 7) is 9.53. The second kappa shape index (κ2) is 10.3. The van der Waals surface area contributed by atoms with Gasteiger partial charge in [-0.25, -0.2) is 4.79 Å². The van der Waals surface area contributed by atoms with E-state index >= 15 is 0 Å². The van der Waals surface area contributed by atoms with Gasteiger partial charge in [0.2, 0.25) is 0 Å². The molecule has 2 rings (SSSR count). The Kier molecular flexibility index (Phi) is 8.11. The van der Waals surface area contributed by atoms with Gasteiger partial charge in [0.25, 0.3) is 0 Å². The number of fused-ring (bicyclic) bond motifs is 1. The van der Waals surface area contributed by atoms with Gasteiger partial charge in [-0.05, 0) is 63.4 Å². The van der Waals surface area contributed by atoms with Crippen LogP contribution in [0.2, 0.25) is 0 Å². The molecule has 0 unspecified atom stereocenters. The highest BCUT2D eigenvalue weighted by atomic mass is 16.6. The number of carbonyl (C=O) groups excluding carboxylic acids is 1. The first-order valence-electron chi connectivity index (χ1n) is 10.0. The van der Waals surface area contributed by atoms with Crippen molar-refractivity contribution in [2.45, 2.75) is 65.0 Å². The summed E-state index contributed by atoms with van der Waals surface area (Å²) in [6, 6.07) is 15.4. The van der Waals surface area contributed by atoms with Crippen molar-refractivity contribution in [1.29, 1.82) is 0 Å². The van der Waals surface area contributed by atoms with Crippen molar-refractivity contribution in [3.63, 3.8) is 0 Å². The molecule has 2 aromatic carbocycles. The van der Waals surface area contributed by atoms with Crippen molar-refractivity contribution in [1.82, 2.24) is 10.6 Å². The van der Waals surface area contributed by atoms with Crippen LogP contribution in [-0.4, -0.2) is 24.8 Å². The second-order valence-corrected chi connectivity index (χ2v) is 8.09. The predicted molar refractivity (Wildman–Crippen MR) is 113 cm³/mol. The van der Waals surface area contributed by atoms with E-state index in [1.807, 2.05) is 20.8 Å². The van der Waals surface area contributed by atoms with E-state index in [1.54, 1.807) is 0 Å². The minimum absolute atomic E-state index is 0.326. The van der Waals surface area contributed by atoms with Crippen molar-refractivity contribution in [2.75, 3.05) is 13.1 Å². The van der Waals surface area contributed by atoms with Crippen LogP contribution in [0.15, 0.2) is 42.5 Å². The molecule has 1 atom stereocenters. The average molecular weight is 371 g/mol. The SMILES string of the molecule is C[C@@H](NCCCCCCNC(=O)OC(C)(C)C)c1cccc2ccccc12. The molecule has 27 heavy (non-hydrogen) atoms. The van der Waals surface area contributed by atoms with Crippen LogP contribution in [0.25, 0.3) is 10.8 Å². The third-order valence-electron chi connectivity index (χ3n) is 4.51. The summed E-state index contributed by atoms with van der Waals surface area (Å²) in [4.78, 5) is 11.6. The molecule has 0 aliphatic carbocycles. The quantitative estimate of drug-likeness (QED) is 0.567. The molecular formula is C23H34N2O2. The summed E-state index contributed by atoms with van der Waals surface area (Å²) in [5.74, 6) is 0. The molecule has 1 amide bonds. The predicted octanol–water partition coefficient (Wildman–Crippen LogP) is 5.58. The Morgan fingerprint density at radius 3 is 2.37 bits per heavy atom. The van der Waals surface area contributed by atoms with E-state index in [0.29, 0.717) is 12.6 Å². The molecule has 0 bridgehead atoms. The van der Waals surface area contributed by atoms with Gasteiger partial charge in [0.15, 0.2) is 0 Å². The van der Waals surface area contributed by atoms with E-state index in [9.17, 15) is 4.79 Å². The number of ether oxygens (including phenoxy) is 1. The zero-order chi connectivity index (χ0) is 19.7. The fraction of sp³-hybridized carbons (Fsp3) is 0.522. The van der Waals surface area contributed by atoms with Crippen LogP contribution >= 0.6 is 0 Å². The number of amides is 1. The van der Waals surface area contributed by atoms with Crippen LogP contribution in [0.3, 0.4) is 0 Å². The Morgan fingerprint density at radius 1 is 0.963 bits per heavy atom. The Balaban J connectivity index is 1.60. The maximum Gasteiger partial charge on any atom is 0.407 e. The Labute approximate surface area is 163 Å². The molecule has 0 aliphatic rings. The van der Waals surface area contributed by atoms with E-state index in [-0.39, 0.29) is 6.09 Å². The number of benzene rings is 2. The molecule has 0 heterocycles. The van der Waals surface area contributed by atoms with Crippen molar-refractivity contribution < 1.29 is 9.53 Å². The molecule has 2 N–H and O–H groups in total. The largest absolute Gasteiger partial charge is 0.444 e. The number of hydrogen-bond donors (Lipinski definition) is 2. The van der Waals surface area contributed by atoms with Crippen molar-refractivity contribution in [3.05, 3.63) is 48.0 Å². The van der Waals surface area contributed by atoms with Gasteiger partial charge in [-0.1, -0.05) is 55.3 Å². The summed E-state index contributed by atoms with van der Waals surface area (Å²) in [7, 11) is 0. The van der Waals surface area contributed by atoms with Gasteiger partial charge in [-0.3, -0.25) is 0 Å². The smallest absolute Gasteiger partial charge is 0.407 e. The number of hydrogen-bond acceptors (Lipinski definition) is 3. The van der Waals surface area contributed by atoms with Gasteiger partial charge in [0.05, 0.1) is 0 Å². The Morgan fingerprint density at radius 2 is 1.63 bits per heavy atom. The van der Waals surface area contributed by atoms with Crippen LogP contribution in [-0.2, 0) is 4.74 Å². The van der Waals surface area contributed by atoms with Crippen molar-refractivity contribution in [3.8, 4) is 0 Å². The van der Waals surface area contributed by atoms with Crippen LogP contribution in [0.5, 0.6) is 0 Å². The highest BCUT2D eigenvalue weighted by Crippen LogP contribution is 2.24. The third-order valence-corrected chi connectivity index (χ3v) is 4.51. The number of alkyl carbamates (subject to hydrolysis) is 1. The highest BCUT2D eigenvalue weighted by molar-refractivity contribution is 5.86. The van der Waals surface area contributed by atoms with Crippen LogP contribution in [0.4, 0.5) is 4.79 Å². The first-order chi connectivity index (χ1) is 12.9. The summed E-state index contributed by atoms with van der Waals surface area (Å²) in [5.41, 5.74) is 0.922. The van der Waals surface area contributed by atoms with Crippen LogP contribution in [0, 0.1) is 0 Å². The average Bonchev–Trinajstić information content (AvgIpc) is 2.61. The van der Waals surface area contributed by atoms with Crippen molar-refractivity contribution in [2.24, 2.45) is 0 Å². The normalized spacial score (nSPS) is 12.7. The zero-order valence-electron chi connectivity index (χ0n) is 17.2. The topological polar surface area (TPSA) is 50.4 Å². The Bertz CT molecular complexity index is 716. The molecule has 0 saturated carbocycles. The molecule has 0 aromatic heterocycles. The number of carbonyl (C=O) groups is 1. The van der Waals surface area contributed by atoms with Gasteiger partial charge >= 0.3 is 6.09 Å². The minimum Gasteiger partial charge on any atom is -0.444 e. The van der Waals surface area contributed by atoms with E-state index in [0.717, 1.165) is 32.2 Å². The van der Waals surface area contributed by atoms with E-state index in [1.165, 1.54) is 16.3 Å². The van der Waals surface area contributed by atoms with Gasteiger partial charge in [-0.2, -0.15) is 0 Å². The van der Waals surface area contributed by atoms with Crippen LogP contribution < -0.4 is 10.6 Å². The monoisotopic (exact) mass is 370 g/mol. The molecule has 148 valence electrons. The molecule has 0 radical (unpaired) electrons. The first kappa shape index (κ1) is 21.2. The number of unbranched alkanes of at least 4 members (excludes halogenated alkanes) is 3. The molecule has 4 heteroatoms. The van der Waals surface area contributed by atoms with Crippen molar-refractivity contribution >= 4 is 16.9 Å². The van der Waals surface area contributed by atoms with Crippen LogP contribution in [0.1, 0.15) is 65.0 Å². The van der Waals surface area contributed by atoms with E-state index in [4.69, 9.17) is 4.74 Å². The number of nitrogens with one attached hydrogen (secondary N) is 2. The number of rotatable bonds is 9. The summed E-state index contributed by atoms with van der Waals surface area (Å²) >= 11 is 0. The van der Waals surface area contributed by atoms with E-state index < -0.39 is 5.60 Å². The second-order valence-electron chi connectivity index (χ2n) is 8.09. The molecular weight excluding hydrogens is 336 g/mol. The van der Waals surface area contributed by atoms with Gasteiger partial charge in [0.1, 0.15) is 5.60 Å². The lowest BCUT2D eigenvalue weighted by atomic mass is 9.99. The van der Waals surface area contributed by atoms with E-state index in [2.05, 4.69) is 60.0 Å². The minimum atomic E-state index is -0.434. The molecule has 0 spiro atoms. The summed E-state index contributed by atoms with van der Waals surface area (Å²) in [5, 5.41) is 9.07. The molecule has 2 aromatic rings. The maximum atomic E-state index is 11.6. The lowest BCUT2D eigenvalue weighted by Crippen LogP contribution is -2.33. The third kappa shape index (κ3) is 7.59. The summed E-state index contributed by atoms with van der Waals surface area (Å²) < 4.78 is 5.22. The molecule has 4 nitrogen and oxygen atoms in total. The first-order valence-corrected chi connectivity index (χ1v) is 10.0. The zero-order valence-corrected chi connectivity index (χ0v) is 17.2. The van der Waals surface area contributed by atoms with Gasteiger partial charge < -0.3 is 15.4 Å². The lowest BCUT2D eigenvalue weighted by Gasteiger charge is -2.19. The maximum absolute atomic E-state index is 11.6. The van der Waals surface area contributed by atoms with Gasteiger partial charge in [0, 0.05) is 12.6 Å². The molecule has 0 aliphatic heterocycles.